The molecule has 0 aliphatic heterocycles. The number of nitrogens with one attached hydrogen (secondary N) is 1. The van der Waals surface area contributed by atoms with Gasteiger partial charge in [-0.2, -0.15) is 0 Å². The van der Waals surface area contributed by atoms with E-state index in [1.54, 1.807) is 0 Å². The number of rotatable bonds is 7. The molecule has 100 valence electrons. The molecule has 1 aliphatic rings. The van der Waals surface area contributed by atoms with E-state index in [0.717, 1.165) is 25.8 Å². The van der Waals surface area contributed by atoms with Crippen molar-refractivity contribution >= 4 is 5.97 Å². The maximum absolute atomic E-state index is 11.5. The van der Waals surface area contributed by atoms with Crippen LogP contribution in [-0.2, 0) is 14.3 Å². The van der Waals surface area contributed by atoms with Gasteiger partial charge in [0, 0.05) is 0 Å². The van der Waals surface area contributed by atoms with Crippen LogP contribution in [0, 0.1) is 0 Å². The Morgan fingerprint density at radius 2 is 2.06 bits per heavy atom. The highest BCUT2D eigenvalue weighted by molar-refractivity contribution is 5.75. The topological polar surface area (TPSA) is 47.6 Å². The van der Waals surface area contributed by atoms with Gasteiger partial charge in [-0.05, 0) is 25.8 Å². The highest BCUT2D eigenvalue weighted by atomic mass is 16.5. The third-order valence-corrected chi connectivity index (χ3v) is 3.18. The lowest BCUT2D eigenvalue weighted by Crippen LogP contribution is -2.42. The molecule has 4 heteroatoms. The molecule has 1 unspecified atom stereocenters. The van der Waals surface area contributed by atoms with Crippen molar-refractivity contribution < 1.29 is 14.3 Å². The molecule has 0 radical (unpaired) electrons. The Morgan fingerprint density at radius 1 is 1.35 bits per heavy atom. The van der Waals surface area contributed by atoms with E-state index in [1.165, 1.54) is 26.4 Å². The quantitative estimate of drug-likeness (QED) is 0.694. The molecule has 0 aromatic rings. The summed E-state index contributed by atoms with van der Waals surface area (Å²) in [6, 6.07) is -0.318. The van der Waals surface area contributed by atoms with E-state index in [0.29, 0.717) is 12.7 Å². The predicted octanol–water partition coefficient (Wildman–Crippen LogP) is 1.88. The van der Waals surface area contributed by atoms with Crippen molar-refractivity contribution in [2.45, 2.75) is 57.6 Å². The SMILES string of the molecule is CCCNC(COC1CCCCC1)C(=O)OC. The summed E-state index contributed by atoms with van der Waals surface area (Å²) in [5, 5.41) is 3.16. The first kappa shape index (κ1) is 14.5. The van der Waals surface area contributed by atoms with Crippen LogP contribution in [0.3, 0.4) is 0 Å². The zero-order chi connectivity index (χ0) is 12.5. The number of ether oxygens (including phenoxy) is 2. The van der Waals surface area contributed by atoms with Gasteiger partial charge in [0.2, 0.25) is 0 Å². The van der Waals surface area contributed by atoms with Crippen molar-refractivity contribution in [3.8, 4) is 0 Å². The lowest BCUT2D eigenvalue weighted by Gasteiger charge is -2.24. The third-order valence-electron chi connectivity index (χ3n) is 3.18. The molecule has 1 fully saturated rings. The summed E-state index contributed by atoms with van der Waals surface area (Å²) in [5.41, 5.74) is 0. The molecule has 0 spiro atoms. The van der Waals surface area contributed by atoms with Gasteiger partial charge < -0.3 is 14.8 Å². The number of carbonyl (C=O) groups excluding carboxylic acids is 1. The highest BCUT2D eigenvalue weighted by Crippen LogP contribution is 2.20. The normalized spacial score (nSPS) is 18.9. The lowest BCUT2D eigenvalue weighted by atomic mass is 9.98. The Labute approximate surface area is 104 Å². The molecule has 1 atom stereocenters. The molecule has 17 heavy (non-hydrogen) atoms. The summed E-state index contributed by atoms with van der Waals surface area (Å²) in [6.07, 6.45) is 7.39. The Bertz CT molecular complexity index is 215. The van der Waals surface area contributed by atoms with Gasteiger partial charge in [-0.3, -0.25) is 4.79 Å². The van der Waals surface area contributed by atoms with Crippen molar-refractivity contribution in [3.63, 3.8) is 0 Å². The number of hydrogen-bond donors (Lipinski definition) is 1. The molecule has 0 bridgehead atoms. The second kappa shape index (κ2) is 8.48. The maximum atomic E-state index is 11.5. The molecule has 1 saturated carbocycles. The van der Waals surface area contributed by atoms with Gasteiger partial charge in [0.25, 0.3) is 0 Å². The minimum atomic E-state index is -0.318. The van der Waals surface area contributed by atoms with Gasteiger partial charge in [-0.25, -0.2) is 0 Å². The monoisotopic (exact) mass is 243 g/mol. The van der Waals surface area contributed by atoms with Crippen LogP contribution in [0.15, 0.2) is 0 Å². The third kappa shape index (κ3) is 5.50. The van der Waals surface area contributed by atoms with Crippen molar-refractivity contribution in [1.29, 1.82) is 0 Å². The first-order valence-corrected chi connectivity index (χ1v) is 6.70. The van der Waals surface area contributed by atoms with Crippen LogP contribution in [0.4, 0.5) is 0 Å². The van der Waals surface area contributed by atoms with E-state index in [2.05, 4.69) is 12.2 Å². The molecular formula is C13H25NO3. The molecule has 0 saturated heterocycles. The highest BCUT2D eigenvalue weighted by Gasteiger charge is 2.21. The van der Waals surface area contributed by atoms with E-state index in [9.17, 15) is 4.79 Å². The standard InChI is InChI=1S/C13H25NO3/c1-3-9-14-12(13(15)16-2)10-17-11-7-5-4-6-8-11/h11-12,14H,3-10H2,1-2H3. The minimum Gasteiger partial charge on any atom is -0.468 e. The molecular weight excluding hydrogens is 218 g/mol. The van der Waals surface area contributed by atoms with Gasteiger partial charge in [-0.1, -0.05) is 26.2 Å². The van der Waals surface area contributed by atoms with Crippen LogP contribution in [0.25, 0.3) is 0 Å². The molecule has 1 N–H and O–H groups in total. The van der Waals surface area contributed by atoms with Crippen molar-refractivity contribution in [2.75, 3.05) is 20.3 Å². The van der Waals surface area contributed by atoms with Crippen molar-refractivity contribution in [3.05, 3.63) is 0 Å². The molecule has 1 aliphatic carbocycles. The average molecular weight is 243 g/mol. The first-order valence-electron chi connectivity index (χ1n) is 6.70. The van der Waals surface area contributed by atoms with E-state index in [4.69, 9.17) is 9.47 Å². The summed E-state index contributed by atoms with van der Waals surface area (Å²) in [5.74, 6) is -0.228. The molecule has 0 aromatic carbocycles. The summed E-state index contributed by atoms with van der Waals surface area (Å²) in [4.78, 5) is 11.5. The van der Waals surface area contributed by atoms with Crippen LogP contribution in [0.5, 0.6) is 0 Å². The molecule has 0 amide bonds. The summed E-state index contributed by atoms with van der Waals surface area (Å²) >= 11 is 0. The minimum absolute atomic E-state index is 0.228. The molecule has 4 nitrogen and oxygen atoms in total. The predicted molar refractivity (Wildman–Crippen MR) is 66.9 cm³/mol. The largest absolute Gasteiger partial charge is 0.468 e. The Morgan fingerprint density at radius 3 is 2.65 bits per heavy atom. The van der Waals surface area contributed by atoms with Crippen LogP contribution < -0.4 is 5.32 Å². The number of methoxy groups -OCH3 is 1. The van der Waals surface area contributed by atoms with E-state index < -0.39 is 0 Å². The van der Waals surface area contributed by atoms with Crippen LogP contribution in [0.2, 0.25) is 0 Å². The van der Waals surface area contributed by atoms with E-state index in [-0.39, 0.29) is 12.0 Å². The second-order valence-corrected chi connectivity index (χ2v) is 4.62. The zero-order valence-corrected chi connectivity index (χ0v) is 11.0. The molecule has 0 heterocycles. The van der Waals surface area contributed by atoms with Gasteiger partial charge >= 0.3 is 5.97 Å². The molecule has 1 rings (SSSR count). The second-order valence-electron chi connectivity index (χ2n) is 4.62. The van der Waals surface area contributed by atoms with Crippen LogP contribution in [-0.4, -0.2) is 38.4 Å². The summed E-state index contributed by atoms with van der Waals surface area (Å²) < 4.78 is 10.6. The maximum Gasteiger partial charge on any atom is 0.325 e. The fourth-order valence-electron chi connectivity index (χ4n) is 2.14. The van der Waals surface area contributed by atoms with E-state index in [1.807, 2.05) is 0 Å². The zero-order valence-electron chi connectivity index (χ0n) is 11.0. The van der Waals surface area contributed by atoms with Gasteiger partial charge in [0.1, 0.15) is 6.04 Å². The lowest BCUT2D eigenvalue weighted by molar-refractivity contribution is -0.145. The molecule has 0 aromatic heterocycles. The van der Waals surface area contributed by atoms with Gasteiger partial charge in [0.15, 0.2) is 0 Å². The van der Waals surface area contributed by atoms with E-state index >= 15 is 0 Å². The Balaban J connectivity index is 2.28. The van der Waals surface area contributed by atoms with Crippen molar-refractivity contribution in [2.24, 2.45) is 0 Å². The smallest absolute Gasteiger partial charge is 0.325 e. The van der Waals surface area contributed by atoms with Gasteiger partial charge in [0.05, 0.1) is 19.8 Å². The fraction of sp³-hybridized carbons (Fsp3) is 0.923. The van der Waals surface area contributed by atoms with Crippen LogP contribution in [0.1, 0.15) is 45.4 Å². The number of hydrogen-bond acceptors (Lipinski definition) is 4. The fourth-order valence-corrected chi connectivity index (χ4v) is 2.14. The van der Waals surface area contributed by atoms with Crippen molar-refractivity contribution in [1.82, 2.24) is 5.32 Å². The Kier molecular flexibility index (Phi) is 7.21. The van der Waals surface area contributed by atoms with Gasteiger partial charge in [-0.15, -0.1) is 0 Å². The first-order chi connectivity index (χ1) is 8.27. The number of carbonyl (C=O) groups is 1. The average Bonchev–Trinajstić information content (AvgIpc) is 2.39. The number of esters is 1. The Hall–Kier alpha value is -0.610. The summed E-state index contributed by atoms with van der Waals surface area (Å²) in [7, 11) is 1.42. The van der Waals surface area contributed by atoms with Crippen LogP contribution >= 0.6 is 0 Å². The summed E-state index contributed by atoms with van der Waals surface area (Å²) in [6.45, 7) is 3.31.